The van der Waals surface area contributed by atoms with E-state index >= 15 is 4.39 Å². The minimum Gasteiger partial charge on any atom is -0.494 e. The lowest BCUT2D eigenvalue weighted by Crippen LogP contribution is -2.30. The van der Waals surface area contributed by atoms with Crippen LogP contribution in [0.25, 0.3) is 11.1 Å². The predicted molar refractivity (Wildman–Crippen MR) is 133 cm³/mol. The third kappa shape index (κ3) is 6.29. The van der Waals surface area contributed by atoms with E-state index in [1.807, 2.05) is 26.8 Å². The Morgan fingerprint density at radius 3 is 2.48 bits per heavy atom. The van der Waals surface area contributed by atoms with E-state index in [1.54, 1.807) is 19.9 Å². The van der Waals surface area contributed by atoms with Gasteiger partial charge in [-0.3, -0.25) is 0 Å². The van der Waals surface area contributed by atoms with Crippen LogP contribution in [0, 0.1) is 5.92 Å². The summed E-state index contributed by atoms with van der Waals surface area (Å²) in [6, 6.07) is 1.90. The van der Waals surface area contributed by atoms with Gasteiger partial charge in [0, 0.05) is 17.2 Å². The topological polar surface area (TPSA) is 44.8 Å². The van der Waals surface area contributed by atoms with Crippen molar-refractivity contribution in [3.8, 4) is 11.5 Å². The second-order valence-corrected chi connectivity index (χ2v) is 9.14. The molecule has 0 aliphatic carbocycles. The molecule has 0 saturated carbocycles. The van der Waals surface area contributed by atoms with Crippen molar-refractivity contribution in [3.63, 3.8) is 0 Å². The van der Waals surface area contributed by atoms with Gasteiger partial charge in [0.25, 0.3) is 0 Å². The summed E-state index contributed by atoms with van der Waals surface area (Å²) in [5.74, 6) is 0.247. The summed E-state index contributed by atoms with van der Waals surface area (Å²) in [4.78, 5) is 11.6. The number of methoxy groups -OCH3 is 1. The Kier molecular flexibility index (Phi) is 8.96. The summed E-state index contributed by atoms with van der Waals surface area (Å²) < 4.78 is 32.0. The number of allylic oxidation sites excluding steroid dienone is 6. The molecule has 0 aromatic heterocycles. The number of rotatable bonds is 8. The summed E-state index contributed by atoms with van der Waals surface area (Å²) >= 11 is 6.75. The zero-order chi connectivity index (χ0) is 24.9. The van der Waals surface area contributed by atoms with Crippen LogP contribution in [0.5, 0.6) is 11.5 Å². The highest BCUT2D eigenvalue weighted by Gasteiger charge is 2.32. The molecule has 1 aromatic carbocycles. The maximum absolute atomic E-state index is 15.4. The quantitative estimate of drug-likeness (QED) is 0.219. The number of halogens is 2. The molecule has 0 bridgehead atoms. The minimum atomic E-state index is -0.525. The maximum atomic E-state index is 15.4. The van der Waals surface area contributed by atoms with Gasteiger partial charge in [-0.05, 0) is 75.0 Å². The van der Waals surface area contributed by atoms with Gasteiger partial charge in [0.2, 0.25) is 0 Å². The molecular formula is C27H34ClFO4. The van der Waals surface area contributed by atoms with Crippen molar-refractivity contribution in [3.05, 3.63) is 57.9 Å². The van der Waals surface area contributed by atoms with Crippen LogP contribution in [0.4, 0.5) is 4.39 Å². The van der Waals surface area contributed by atoms with Crippen LogP contribution >= 0.6 is 11.6 Å². The molecule has 0 unspecified atom stereocenters. The van der Waals surface area contributed by atoms with Crippen LogP contribution in [0.15, 0.2) is 41.8 Å². The van der Waals surface area contributed by atoms with Crippen LogP contribution in [0.3, 0.4) is 0 Å². The minimum absolute atomic E-state index is 0.221. The number of hydrogen-bond donors (Lipinski definition) is 0. The first-order valence-corrected chi connectivity index (χ1v) is 11.6. The van der Waals surface area contributed by atoms with Gasteiger partial charge in [0.15, 0.2) is 5.75 Å². The van der Waals surface area contributed by atoms with Crippen LogP contribution in [-0.4, -0.2) is 25.3 Å². The molecule has 0 N–H and O–H groups in total. The van der Waals surface area contributed by atoms with Crippen LogP contribution in [-0.2, 0) is 9.53 Å². The summed E-state index contributed by atoms with van der Waals surface area (Å²) in [6.07, 6.45) is 6.71. The fourth-order valence-corrected chi connectivity index (χ4v) is 4.11. The van der Waals surface area contributed by atoms with E-state index < -0.39 is 17.4 Å². The highest BCUT2D eigenvalue weighted by Crippen LogP contribution is 2.50. The van der Waals surface area contributed by atoms with E-state index in [9.17, 15) is 4.79 Å². The number of benzene rings is 1. The number of carbonyl (C=O) groups excluding carboxylic acids is 1. The first kappa shape index (κ1) is 26.7. The molecule has 1 aliphatic heterocycles. The fraction of sp³-hybridized carbons (Fsp3) is 0.444. The lowest BCUT2D eigenvalue weighted by Gasteiger charge is -2.34. The lowest BCUT2D eigenvalue weighted by molar-refractivity contribution is -0.137. The zero-order valence-electron chi connectivity index (χ0n) is 20.8. The SMILES string of the molecule is CCOC(=O)/C=C(C)/C=C/C(F)=C(/CC)c1cc2c(c(Cl)c1OC)OC(C)(C)C=C2C(C)C. The van der Waals surface area contributed by atoms with E-state index in [0.717, 1.165) is 11.1 Å². The Labute approximate surface area is 201 Å². The van der Waals surface area contributed by atoms with Gasteiger partial charge in [0.1, 0.15) is 22.2 Å². The van der Waals surface area contributed by atoms with E-state index in [4.69, 9.17) is 25.8 Å². The van der Waals surface area contributed by atoms with Crippen LogP contribution < -0.4 is 9.47 Å². The van der Waals surface area contributed by atoms with Gasteiger partial charge in [0.05, 0.1) is 13.7 Å². The normalized spacial score (nSPS) is 16.2. The second-order valence-electron chi connectivity index (χ2n) is 8.76. The molecule has 0 radical (unpaired) electrons. The van der Waals surface area contributed by atoms with Crippen molar-refractivity contribution in [1.82, 2.24) is 0 Å². The van der Waals surface area contributed by atoms with Crippen LogP contribution in [0.1, 0.15) is 66.0 Å². The number of hydrogen-bond acceptors (Lipinski definition) is 4. The third-order valence-electron chi connectivity index (χ3n) is 5.27. The summed E-state index contributed by atoms with van der Waals surface area (Å²) in [7, 11) is 1.51. The molecule has 2 rings (SSSR count). The Bertz CT molecular complexity index is 1030. The van der Waals surface area contributed by atoms with Crippen molar-refractivity contribution in [2.24, 2.45) is 5.92 Å². The number of ether oxygens (including phenoxy) is 3. The Morgan fingerprint density at radius 1 is 1.27 bits per heavy atom. The van der Waals surface area contributed by atoms with E-state index in [2.05, 4.69) is 19.9 Å². The summed E-state index contributed by atoms with van der Waals surface area (Å²) in [5, 5.41) is 0.324. The zero-order valence-corrected chi connectivity index (χ0v) is 21.5. The van der Waals surface area contributed by atoms with Gasteiger partial charge >= 0.3 is 5.97 Å². The van der Waals surface area contributed by atoms with E-state index in [-0.39, 0.29) is 12.5 Å². The first-order valence-electron chi connectivity index (χ1n) is 11.2. The molecule has 0 fully saturated rings. The summed E-state index contributed by atoms with van der Waals surface area (Å²) in [5.41, 5.74) is 3.01. The van der Waals surface area contributed by atoms with Crippen molar-refractivity contribution in [2.75, 3.05) is 13.7 Å². The Morgan fingerprint density at radius 2 is 1.94 bits per heavy atom. The smallest absolute Gasteiger partial charge is 0.330 e. The van der Waals surface area contributed by atoms with E-state index in [1.165, 1.54) is 19.3 Å². The molecular weight excluding hydrogens is 443 g/mol. The van der Waals surface area contributed by atoms with Gasteiger partial charge in [-0.15, -0.1) is 0 Å². The standard InChI is InChI=1S/C27H34ClFO4/c1-9-18(22(29)12-11-17(5)13-23(30)32-10-2)19-14-20-21(16(3)4)15-27(6,7)33-26(20)24(28)25(19)31-8/h11-16H,9-10H2,1-8H3/b12-11+,17-13+,22-18+. The molecule has 4 nitrogen and oxygen atoms in total. The van der Waals surface area contributed by atoms with Gasteiger partial charge < -0.3 is 14.2 Å². The van der Waals surface area contributed by atoms with Crippen molar-refractivity contribution < 1.29 is 23.4 Å². The van der Waals surface area contributed by atoms with Crippen molar-refractivity contribution in [1.29, 1.82) is 0 Å². The Balaban J connectivity index is 2.64. The molecule has 0 saturated heterocycles. The van der Waals surface area contributed by atoms with Crippen molar-refractivity contribution in [2.45, 2.75) is 60.5 Å². The first-order chi connectivity index (χ1) is 15.4. The van der Waals surface area contributed by atoms with Gasteiger partial charge in [-0.25, -0.2) is 9.18 Å². The molecule has 0 spiro atoms. The maximum Gasteiger partial charge on any atom is 0.330 e. The van der Waals surface area contributed by atoms with Crippen LogP contribution in [0.2, 0.25) is 5.02 Å². The van der Waals surface area contributed by atoms with Gasteiger partial charge in [-0.1, -0.05) is 38.4 Å². The third-order valence-corrected chi connectivity index (χ3v) is 5.62. The molecule has 0 amide bonds. The monoisotopic (exact) mass is 476 g/mol. The largest absolute Gasteiger partial charge is 0.494 e. The van der Waals surface area contributed by atoms with E-state index in [0.29, 0.717) is 39.7 Å². The molecule has 1 aliphatic rings. The molecule has 33 heavy (non-hydrogen) atoms. The average Bonchev–Trinajstić information content (AvgIpc) is 2.72. The number of carbonyl (C=O) groups is 1. The lowest BCUT2D eigenvalue weighted by atomic mass is 9.85. The van der Waals surface area contributed by atoms with Crippen molar-refractivity contribution >= 4 is 28.7 Å². The Hall–Kier alpha value is -2.53. The number of fused-ring (bicyclic) bond motifs is 1. The molecule has 6 heteroatoms. The average molecular weight is 477 g/mol. The molecule has 1 aromatic rings. The molecule has 0 atom stereocenters. The summed E-state index contributed by atoms with van der Waals surface area (Å²) in [6.45, 7) is 13.8. The second kappa shape index (κ2) is 11.1. The molecule has 1 heterocycles. The van der Waals surface area contributed by atoms with Gasteiger partial charge in [-0.2, -0.15) is 0 Å². The number of esters is 1. The predicted octanol–water partition coefficient (Wildman–Crippen LogP) is 7.72. The highest BCUT2D eigenvalue weighted by molar-refractivity contribution is 6.34. The fourth-order valence-electron chi connectivity index (χ4n) is 3.79. The molecule has 180 valence electrons. The highest BCUT2D eigenvalue weighted by atomic mass is 35.5.